The molecular weight excluding hydrogens is 376 g/mol. The lowest BCUT2D eigenvalue weighted by Gasteiger charge is -2.23. The van der Waals surface area contributed by atoms with Gasteiger partial charge in [-0.2, -0.15) is 0 Å². The summed E-state index contributed by atoms with van der Waals surface area (Å²) < 4.78 is 0. The van der Waals surface area contributed by atoms with Crippen LogP contribution in [0.4, 0.5) is 11.4 Å². The molecule has 1 saturated heterocycles. The minimum Gasteiger partial charge on any atom is -0.370 e. The van der Waals surface area contributed by atoms with E-state index in [0.29, 0.717) is 11.3 Å². The minimum atomic E-state index is -0.118. The lowest BCUT2D eigenvalue weighted by molar-refractivity contribution is -0.117. The third-order valence-electron chi connectivity index (χ3n) is 5.67. The maximum atomic E-state index is 12.6. The van der Waals surface area contributed by atoms with Crippen molar-refractivity contribution in [3.05, 3.63) is 70.0 Å². The molecule has 1 aliphatic carbocycles. The fourth-order valence-corrected chi connectivity index (χ4v) is 3.99. The topological polar surface area (TPSA) is 68.8 Å². The molecule has 0 spiro atoms. The van der Waals surface area contributed by atoms with E-state index in [4.69, 9.17) is 4.99 Å². The summed E-state index contributed by atoms with van der Waals surface area (Å²) in [5.74, 6) is 0. The molecule has 1 N–H and O–H groups in total. The SMILES string of the molecule is CC(=Nc1cc(N2CCCN(C=O)CC2)ccc1C)c1c2cccccc-2[nH]c1=O. The first-order chi connectivity index (χ1) is 14.6. The van der Waals surface area contributed by atoms with Crippen LogP contribution in [-0.2, 0) is 4.79 Å². The van der Waals surface area contributed by atoms with Crippen LogP contribution in [0.5, 0.6) is 0 Å². The first-order valence-electron chi connectivity index (χ1n) is 10.3. The van der Waals surface area contributed by atoms with Crippen molar-refractivity contribution in [3.63, 3.8) is 0 Å². The Bertz CT molecular complexity index is 1120. The highest BCUT2D eigenvalue weighted by Gasteiger charge is 2.18. The summed E-state index contributed by atoms with van der Waals surface area (Å²) in [6.45, 7) is 7.13. The van der Waals surface area contributed by atoms with E-state index in [1.807, 2.05) is 49.1 Å². The maximum absolute atomic E-state index is 12.6. The number of nitrogens with one attached hydrogen (secondary N) is 1. The standard InChI is InChI=1S/C24H26N4O2/c1-17-9-10-19(28-12-6-11-27(16-29)13-14-28)15-22(17)25-18(2)23-20-7-4-3-5-8-21(20)26-24(23)30/h3-5,7-10,15-16H,6,11-14H2,1-2H3,(H,26,30). The fraction of sp³-hybridized carbons (Fsp3) is 0.292. The number of hydrogen-bond donors (Lipinski definition) is 1. The number of carbonyl (C=O) groups is 1. The number of H-pyrrole nitrogens is 1. The molecule has 2 heterocycles. The summed E-state index contributed by atoms with van der Waals surface area (Å²) in [4.78, 5) is 35.6. The van der Waals surface area contributed by atoms with Gasteiger partial charge < -0.3 is 14.8 Å². The van der Waals surface area contributed by atoms with Gasteiger partial charge in [-0.25, -0.2) is 0 Å². The Balaban J connectivity index is 1.68. The molecule has 1 aromatic carbocycles. The second-order valence-corrected chi connectivity index (χ2v) is 7.72. The van der Waals surface area contributed by atoms with Crippen LogP contribution >= 0.6 is 0 Å². The molecular formula is C24H26N4O2. The molecule has 30 heavy (non-hydrogen) atoms. The Kier molecular flexibility index (Phi) is 5.65. The summed E-state index contributed by atoms with van der Waals surface area (Å²) in [6, 6.07) is 15.9. The molecule has 3 aliphatic rings. The Morgan fingerprint density at radius 2 is 1.90 bits per heavy atom. The van der Waals surface area contributed by atoms with Crippen LogP contribution in [0, 0.1) is 6.92 Å². The lowest BCUT2D eigenvalue weighted by atomic mass is 10.1. The molecule has 1 amide bonds. The van der Waals surface area contributed by atoms with Crippen LogP contribution < -0.4 is 10.5 Å². The number of hydrogen-bond acceptors (Lipinski definition) is 4. The van der Waals surface area contributed by atoms with Crippen molar-refractivity contribution in [1.29, 1.82) is 0 Å². The number of aliphatic imine (C=N–C) groups is 1. The van der Waals surface area contributed by atoms with E-state index in [0.717, 1.165) is 67.2 Å². The third kappa shape index (κ3) is 3.99. The first kappa shape index (κ1) is 19.9. The van der Waals surface area contributed by atoms with Crippen molar-refractivity contribution in [2.75, 3.05) is 31.1 Å². The molecule has 0 unspecified atom stereocenters. The molecule has 0 radical (unpaired) electrons. The van der Waals surface area contributed by atoms with E-state index in [1.54, 1.807) is 0 Å². The number of aryl methyl sites for hydroxylation is 1. The van der Waals surface area contributed by atoms with Gasteiger partial charge in [-0.15, -0.1) is 0 Å². The van der Waals surface area contributed by atoms with Crippen LogP contribution in [0.3, 0.4) is 0 Å². The quantitative estimate of drug-likeness (QED) is 0.536. The number of rotatable bonds is 4. The van der Waals surface area contributed by atoms with Crippen LogP contribution in [0.1, 0.15) is 24.5 Å². The van der Waals surface area contributed by atoms with Gasteiger partial charge in [0.1, 0.15) is 0 Å². The molecule has 0 aromatic heterocycles. The van der Waals surface area contributed by atoms with Gasteiger partial charge in [0, 0.05) is 43.1 Å². The number of aromatic amines is 1. The van der Waals surface area contributed by atoms with Crippen molar-refractivity contribution in [2.24, 2.45) is 4.99 Å². The van der Waals surface area contributed by atoms with Crippen molar-refractivity contribution < 1.29 is 4.79 Å². The van der Waals surface area contributed by atoms with Crippen molar-refractivity contribution in [3.8, 4) is 11.3 Å². The van der Waals surface area contributed by atoms with E-state index < -0.39 is 0 Å². The number of benzene rings is 1. The van der Waals surface area contributed by atoms with E-state index in [2.05, 4.69) is 28.1 Å². The van der Waals surface area contributed by atoms with Gasteiger partial charge in [0.2, 0.25) is 6.41 Å². The Hall–Kier alpha value is -3.41. The van der Waals surface area contributed by atoms with Gasteiger partial charge in [-0.1, -0.05) is 30.3 Å². The average molecular weight is 402 g/mol. The number of amides is 1. The molecule has 0 bridgehead atoms. The number of nitrogens with zero attached hydrogens (tertiary/aromatic N) is 3. The van der Waals surface area contributed by atoms with Crippen LogP contribution in [0.25, 0.3) is 11.3 Å². The molecule has 1 aromatic rings. The van der Waals surface area contributed by atoms with Gasteiger partial charge in [-0.3, -0.25) is 14.6 Å². The zero-order valence-corrected chi connectivity index (χ0v) is 17.4. The number of aromatic nitrogens is 1. The Morgan fingerprint density at radius 3 is 2.73 bits per heavy atom. The van der Waals surface area contributed by atoms with E-state index >= 15 is 0 Å². The van der Waals surface area contributed by atoms with E-state index in [-0.39, 0.29) is 5.56 Å². The number of fused-ring (bicyclic) bond motifs is 1. The lowest BCUT2D eigenvalue weighted by Crippen LogP contribution is -2.29. The number of anilines is 1. The van der Waals surface area contributed by atoms with Gasteiger partial charge in [0.05, 0.1) is 17.0 Å². The summed E-state index contributed by atoms with van der Waals surface area (Å²) in [7, 11) is 0. The predicted molar refractivity (Wildman–Crippen MR) is 121 cm³/mol. The Morgan fingerprint density at radius 1 is 1.07 bits per heavy atom. The smallest absolute Gasteiger partial charge is 0.258 e. The Labute approximate surface area is 176 Å². The summed E-state index contributed by atoms with van der Waals surface area (Å²) in [6.07, 6.45) is 1.87. The molecule has 0 saturated carbocycles. The zero-order chi connectivity index (χ0) is 21.1. The normalized spacial score (nSPS) is 15.3. The van der Waals surface area contributed by atoms with E-state index in [9.17, 15) is 9.59 Å². The molecule has 2 aliphatic heterocycles. The van der Waals surface area contributed by atoms with Crippen LogP contribution in [0.2, 0.25) is 0 Å². The molecule has 4 rings (SSSR count). The monoisotopic (exact) mass is 402 g/mol. The number of carbonyl (C=O) groups excluding carboxylic acids is 1. The molecule has 0 atom stereocenters. The van der Waals surface area contributed by atoms with E-state index in [1.165, 1.54) is 0 Å². The van der Waals surface area contributed by atoms with Crippen molar-refractivity contribution in [1.82, 2.24) is 9.88 Å². The van der Waals surface area contributed by atoms with Gasteiger partial charge in [0.15, 0.2) is 0 Å². The third-order valence-corrected chi connectivity index (χ3v) is 5.67. The van der Waals surface area contributed by atoms with Crippen molar-refractivity contribution >= 4 is 23.5 Å². The zero-order valence-electron chi connectivity index (χ0n) is 17.4. The van der Waals surface area contributed by atoms with Crippen LogP contribution in [0.15, 0.2) is 58.3 Å². The maximum Gasteiger partial charge on any atom is 0.258 e. The molecule has 154 valence electrons. The predicted octanol–water partition coefficient (Wildman–Crippen LogP) is 3.60. The first-order valence-corrected chi connectivity index (χ1v) is 10.3. The summed E-state index contributed by atoms with van der Waals surface area (Å²) in [5.41, 5.74) is 5.88. The second kappa shape index (κ2) is 8.53. The minimum absolute atomic E-state index is 0.118. The summed E-state index contributed by atoms with van der Waals surface area (Å²) in [5, 5.41) is 0. The van der Waals surface area contributed by atoms with Gasteiger partial charge in [-0.05, 0) is 44.0 Å². The molecule has 6 nitrogen and oxygen atoms in total. The fourth-order valence-electron chi connectivity index (χ4n) is 3.99. The van der Waals surface area contributed by atoms with Gasteiger partial charge in [0.25, 0.3) is 5.56 Å². The molecule has 1 fully saturated rings. The second-order valence-electron chi connectivity index (χ2n) is 7.72. The van der Waals surface area contributed by atoms with Crippen molar-refractivity contribution in [2.45, 2.75) is 20.3 Å². The highest BCUT2D eigenvalue weighted by Crippen LogP contribution is 2.28. The highest BCUT2D eigenvalue weighted by atomic mass is 16.1. The summed E-state index contributed by atoms with van der Waals surface area (Å²) >= 11 is 0. The van der Waals surface area contributed by atoms with Crippen LogP contribution in [-0.4, -0.2) is 48.2 Å². The largest absolute Gasteiger partial charge is 0.370 e. The highest BCUT2D eigenvalue weighted by molar-refractivity contribution is 6.05. The van der Waals surface area contributed by atoms with Gasteiger partial charge >= 0.3 is 0 Å². The molecule has 6 heteroatoms. The average Bonchev–Trinajstić information content (AvgIpc) is 2.93.